The summed E-state index contributed by atoms with van der Waals surface area (Å²) in [6.45, 7) is 10.7. The molecule has 0 unspecified atom stereocenters. The van der Waals surface area contributed by atoms with Crippen molar-refractivity contribution >= 4 is 0 Å². The minimum Gasteiger partial charge on any atom is -0.295 e. The van der Waals surface area contributed by atoms with Crippen molar-refractivity contribution < 1.29 is 0 Å². The summed E-state index contributed by atoms with van der Waals surface area (Å²) in [6, 6.07) is 8.69. The van der Waals surface area contributed by atoms with Crippen molar-refractivity contribution in [1.29, 1.82) is 0 Å². The van der Waals surface area contributed by atoms with Crippen LogP contribution in [0, 0.1) is 0 Å². The molecule has 3 heterocycles. The van der Waals surface area contributed by atoms with Crippen LogP contribution in [0.4, 0.5) is 0 Å². The second-order valence-electron chi connectivity index (χ2n) is 5.88. The van der Waals surface area contributed by atoms with Crippen molar-refractivity contribution in [3.05, 3.63) is 48.0 Å². The van der Waals surface area contributed by atoms with Gasteiger partial charge in [-0.3, -0.25) is 19.5 Å². The summed E-state index contributed by atoms with van der Waals surface area (Å²) >= 11 is 0. The van der Waals surface area contributed by atoms with E-state index in [0.717, 1.165) is 39.3 Å². The van der Waals surface area contributed by atoms with Crippen molar-refractivity contribution in [2.75, 3.05) is 26.2 Å². The average Bonchev–Trinajstić information content (AvgIpc) is 3.03. The van der Waals surface area contributed by atoms with Gasteiger partial charge in [0.15, 0.2) is 0 Å². The summed E-state index contributed by atoms with van der Waals surface area (Å²) < 4.78 is 2.09. The first-order chi connectivity index (χ1) is 10.8. The van der Waals surface area contributed by atoms with Gasteiger partial charge in [-0.15, -0.1) is 0 Å². The van der Waals surface area contributed by atoms with E-state index in [1.165, 1.54) is 11.4 Å². The van der Waals surface area contributed by atoms with Gasteiger partial charge in [0.2, 0.25) is 0 Å². The topological polar surface area (TPSA) is 37.2 Å². The van der Waals surface area contributed by atoms with Crippen molar-refractivity contribution in [3.63, 3.8) is 0 Å². The number of piperazine rings is 1. The van der Waals surface area contributed by atoms with E-state index >= 15 is 0 Å². The van der Waals surface area contributed by atoms with Crippen LogP contribution >= 0.6 is 0 Å². The Morgan fingerprint density at radius 3 is 2.59 bits per heavy atom. The van der Waals surface area contributed by atoms with E-state index in [1.54, 1.807) is 0 Å². The summed E-state index contributed by atoms with van der Waals surface area (Å²) in [5, 5.41) is 4.35. The second-order valence-corrected chi connectivity index (χ2v) is 5.88. The predicted octanol–water partition coefficient (Wildman–Crippen LogP) is 2.18. The van der Waals surface area contributed by atoms with Crippen LogP contribution in [0.5, 0.6) is 0 Å². The Morgan fingerprint density at radius 1 is 1.09 bits per heavy atom. The lowest BCUT2D eigenvalue weighted by Crippen LogP contribution is -2.46. The number of nitrogens with zero attached hydrogens (tertiary/aromatic N) is 5. The van der Waals surface area contributed by atoms with Gasteiger partial charge >= 0.3 is 0 Å². The smallest absolute Gasteiger partial charge is 0.0572 e. The minimum absolute atomic E-state index is 0.393. The highest BCUT2D eigenvalue weighted by Gasteiger charge is 2.23. The molecule has 0 spiro atoms. The molecule has 5 nitrogen and oxygen atoms in total. The fraction of sp³-hybridized carbons (Fsp3) is 0.529. The highest BCUT2D eigenvalue weighted by molar-refractivity contribution is 5.08. The fourth-order valence-corrected chi connectivity index (χ4v) is 3.13. The van der Waals surface area contributed by atoms with Crippen molar-refractivity contribution in [2.45, 2.75) is 33.0 Å². The van der Waals surface area contributed by atoms with Gasteiger partial charge in [-0.25, -0.2) is 0 Å². The summed E-state index contributed by atoms with van der Waals surface area (Å²) in [6.07, 6.45) is 3.78. The van der Waals surface area contributed by atoms with Gasteiger partial charge in [0.1, 0.15) is 0 Å². The SMILES string of the molecule is CCn1nccc1CN1CCN([C@H](C)c2ccccn2)CC1. The third kappa shape index (κ3) is 3.36. The lowest BCUT2D eigenvalue weighted by molar-refractivity contribution is 0.0947. The Hall–Kier alpha value is -1.72. The highest BCUT2D eigenvalue weighted by atomic mass is 15.3. The van der Waals surface area contributed by atoms with E-state index in [-0.39, 0.29) is 0 Å². The molecule has 0 aromatic carbocycles. The summed E-state index contributed by atoms with van der Waals surface area (Å²) in [4.78, 5) is 9.53. The van der Waals surface area contributed by atoms with E-state index in [1.807, 2.05) is 18.5 Å². The Labute approximate surface area is 132 Å². The quantitative estimate of drug-likeness (QED) is 0.848. The van der Waals surface area contributed by atoms with Crippen molar-refractivity contribution in [1.82, 2.24) is 24.6 Å². The second kappa shape index (κ2) is 7.03. The standard InChI is InChI=1S/C17H25N5/c1-3-22-16(7-9-19-22)14-20-10-12-21(13-11-20)15(2)17-6-4-5-8-18-17/h4-9,15H,3,10-14H2,1-2H3/t15-/m1/s1. The third-order valence-corrected chi connectivity index (χ3v) is 4.56. The first-order valence-electron chi connectivity index (χ1n) is 8.16. The molecule has 2 aromatic rings. The molecule has 0 radical (unpaired) electrons. The molecular formula is C17H25N5. The van der Waals surface area contributed by atoms with E-state index in [9.17, 15) is 0 Å². The largest absolute Gasteiger partial charge is 0.295 e. The summed E-state index contributed by atoms with van der Waals surface area (Å²) in [7, 11) is 0. The Balaban J connectivity index is 1.54. The molecule has 0 saturated carbocycles. The number of hydrogen-bond acceptors (Lipinski definition) is 4. The first kappa shape index (κ1) is 15.2. The molecule has 1 fully saturated rings. The van der Waals surface area contributed by atoms with E-state index in [4.69, 9.17) is 0 Å². The first-order valence-corrected chi connectivity index (χ1v) is 8.16. The predicted molar refractivity (Wildman–Crippen MR) is 87.4 cm³/mol. The van der Waals surface area contributed by atoms with Gasteiger partial charge in [-0.1, -0.05) is 6.07 Å². The molecular weight excluding hydrogens is 274 g/mol. The zero-order valence-corrected chi connectivity index (χ0v) is 13.5. The molecule has 1 atom stereocenters. The van der Waals surface area contributed by atoms with E-state index in [2.05, 4.69) is 56.6 Å². The maximum atomic E-state index is 4.49. The Bertz CT molecular complexity index is 572. The van der Waals surface area contributed by atoms with Gasteiger partial charge in [-0.05, 0) is 32.0 Å². The maximum absolute atomic E-state index is 4.49. The number of pyridine rings is 1. The summed E-state index contributed by atoms with van der Waals surface area (Å²) in [5.74, 6) is 0. The fourth-order valence-electron chi connectivity index (χ4n) is 3.13. The van der Waals surface area contributed by atoms with Gasteiger partial charge in [0.25, 0.3) is 0 Å². The van der Waals surface area contributed by atoms with E-state index < -0.39 is 0 Å². The Kier molecular flexibility index (Phi) is 4.85. The van der Waals surface area contributed by atoms with Crippen LogP contribution in [0.3, 0.4) is 0 Å². The lowest BCUT2D eigenvalue weighted by Gasteiger charge is -2.37. The molecule has 0 bridgehead atoms. The van der Waals surface area contributed by atoms with Crippen molar-refractivity contribution in [3.8, 4) is 0 Å². The normalized spacial score (nSPS) is 18.5. The van der Waals surface area contributed by atoms with Crippen LogP contribution in [-0.4, -0.2) is 50.7 Å². The van der Waals surface area contributed by atoms with Crippen LogP contribution in [-0.2, 0) is 13.1 Å². The zero-order valence-electron chi connectivity index (χ0n) is 13.5. The Morgan fingerprint density at radius 2 is 1.91 bits per heavy atom. The molecule has 22 heavy (non-hydrogen) atoms. The maximum Gasteiger partial charge on any atom is 0.0572 e. The lowest BCUT2D eigenvalue weighted by atomic mass is 10.1. The molecule has 0 N–H and O–H groups in total. The molecule has 0 amide bonds. The molecule has 1 aliphatic heterocycles. The van der Waals surface area contributed by atoms with Crippen LogP contribution in [0.15, 0.2) is 36.7 Å². The molecule has 1 saturated heterocycles. The summed E-state index contributed by atoms with van der Waals surface area (Å²) in [5.41, 5.74) is 2.48. The molecule has 118 valence electrons. The molecule has 0 aliphatic carbocycles. The number of hydrogen-bond donors (Lipinski definition) is 0. The van der Waals surface area contributed by atoms with Crippen molar-refractivity contribution in [2.24, 2.45) is 0 Å². The molecule has 2 aromatic heterocycles. The van der Waals surface area contributed by atoms with Gasteiger partial charge in [0, 0.05) is 57.7 Å². The average molecular weight is 299 g/mol. The van der Waals surface area contributed by atoms with Gasteiger partial charge in [0.05, 0.1) is 11.4 Å². The monoisotopic (exact) mass is 299 g/mol. The van der Waals surface area contributed by atoms with Gasteiger partial charge in [-0.2, -0.15) is 5.10 Å². The number of rotatable bonds is 5. The zero-order chi connectivity index (χ0) is 15.4. The van der Waals surface area contributed by atoms with Crippen LogP contribution in [0.1, 0.15) is 31.3 Å². The molecule has 1 aliphatic rings. The number of aromatic nitrogens is 3. The van der Waals surface area contributed by atoms with E-state index in [0.29, 0.717) is 6.04 Å². The number of aryl methyl sites for hydroxylation is 1. The molecule has 3 rings (SSSR count). The third-order valence-electron chi connectivity index (χ3n) is 4.56. The minimum atomic E-state index is 0.393. The highest BCUT2D eigenvalue weighted by Crippen LogP contribution is 2.20. The van der Waals surface area contributed by atoms with Gasteiger partial charge < -0.3 is 0 Å². The van der Waals surface area contributed by atoms with Crippen LogP contribution < -0.4 is 0 Å². The molecule has 5 heteroatoms. The van der Waals surface area contributed by atoms with Crippen LogP contribution in [0.2, 0.25) is 0 Å². The van der Waals surface area contributed by atoms with Crippen LogP contribution in [0.25, 0.3) is 0 Å².